The van der Waals surface area contributed by atoms with Gasteiger partial charge in [0, 0.05) is 11.8 Å². The summed E-state index contributed by atoms with van der Waals surface area (Å²) < 4.78 is 0. The van der Waals surface area contributed by atoms with Gasteiger partial charge in [-0.1, -0.05) is 67.1 Å². The van der Waals surface area contributed by atoms with Crippen molar-refractivity contribution in [3.05, 3.63) is 71.8 Å². The maximum atomic E-state index is 12.8. The zero-order valence-corrected chi connectivity index (χ0v) is 13.0. The lowest BCUT2D eigenvalue weighted by Crippen LogP contribution is -2.35. The molecule has 1 fully saturated rings. The number of hydrogen-bond donors (Lipinski definition) is 2. The molecule has 3 nitrogen and oxygen atoms in total. The average Bonchev–Trinajstić information content (AvgIpc) is 2.62. The first-order chi connectivity index (χ1) is 11.2. The minimum absolute atomic E-state index is 0.0241. The Kier molecular flexibility index (Phi) is 4.89. The third-order valence-electron chi connectivity index (χ3n) is 4.81. The van der Waals surface area contributed by atoms with Crippen molar-refractivity contribution in [1.82, 2.24) is 0 Å². The van der Waals surface area contributed by atoms with Crippen LogP contribution in [0.3, 0.4) is 0 Å². The topological polar surface area (TPSA) is 57.5 Å². The Balaban J connectivity index is 1.79. The van der Waals surface area contributed by atoms with Crippen molar-refractivity contribution in [2.24, 2.45) is 11.8 Å². The normalized spacial score (nSPS) is 24.2. The van der Waals surface area contributed by atoms with Gasteiger partial charge < -0.3 is 10.2 Å². The number of rotatable bonds is 4. The maximum Gasteiger partial charge on any atom is 0.144 e. The summed E-state index contributed by atoms with van der Waals surface area (Å²) in [5.74, 6) is -0.895. The number of ketones is 1. The molecule has 23 heavy (non-hydrogen) atoms. The highest BCUT2D eigenvalue weighted by Gasteiger charge is 2.39. The van der Waals surface area contributed by atoms with E-state index >= 15 is 0 Å². The summed E-state index contributed by atoms with van der Waals surface area (Å²) in [5.41, 5.74) is 1.53. The van der Waals surface area contributed by atoms with E-state index in [2.05, 4.69) is 0 Å². The molecule has 2 aromatic rings. The molecule has 1 saturated carbocycles. The molecule has 1 aliphatic rings. The Labute approximate surface area is 136 Å². The summed E-state index contributed by atoms with van der Waals surface area (Å²) in [6.45, 7) is 0. The van der Waals surface area contributed by atoms with Crippen LogP contribution >= 0.6 is 0 Å². The summed E-state index contributed by atoms with van der Waals surface area (Å²) >= 11 is 0. The van der Waals surface area contributed by atoms with Crippen LogP contribution in [0.1, 0.15) is 42.6 Å². The Hall–Kier alpha value is -1.97. The Morgan fingerprint density at radius 3 is 1.52 bits per heavy atom. The number of aliphatic hydroxyl groups excluding tert-OH is 2. The fourth-order valence-electron chi connectivity index (χ4n) is 3.51. The molecule has 0 aromatic heterocycles. The molecular weight excluding hydrogens is 288 g/mol. The standard InChI is InChI=1S/C20H22O3/c21-18(14-8-3-1-4-9-14)16-12-7-13-17(20(16)23)19(22)15-10-5-2-6-11-15/h1-6,8-11,16-19,21-22H,7,12-13H2/t16-,17+,18-,19-/m1/s1. The lowest BCUT2D eigenvalue weighted by Gasteiger charge is -2.33. The van der Waals surface area contributed by atoms with Crippen molar-refractivity contribution in [1.29, 1.82) is 0 Å². The van der Waals surface area contributed by atoms with Gasteiger partial charge in [-0.05, 0) is 24.0 Å². The highest BCUT2D eigenvalue weighted by atomic mass is 16.3. The highest BCUT2D eigenvalue weighted by Crippen LogP contribution is 2.39. The summed E-state index contributed by atoms with van der Waals surface area (Å²) in [6, 6.07) is 18.6. The van der Waals surface area contributed by atoms with Crippen LogP contribution in [0.25, 0.3) is 0 Å². The molecule has 1 aliphatic carbocycles. The zero-order chi connectivity index (χ0) is 16.2. The summed E-state index contributed by atoms with van der Waals surface area (Å²) in [6.07, 6.45) is 0.596. The molecule has 4 atom stereocenters. The van der Waals surface area contributed by atoms with Crippen LogP contribution in [0, 0.1) is 11.8 Å². The molecule has 2 aromatic carbocycles. The van der Waals surface area contributed by atoms with Crippen LogP contribution in [0.2, 0.25) is 0 Å². The number of aliphatic hydroxyl groups is 2. The zero-order valence-electron chi connectivity index (χ0n) is 13.0. The minimum atomic E-state index is -0.797. The molecule has 0 radical (unpaired) electrons. The summed E-state index contributed by atoms with van der Waals surface area (Å²) in [5, 5.41) is 21.2. The van der Waals surface area contributed by atoms with E-state index in [1.807, 2.05) is 60.7 Å². The van der Waals surface area contributed by atoms with Crippen molar-refractivity contribution < 1.29 is 15.0 Å². The quantitative estimate of drug-likeness (QED) is 0.909. The molecular formula is C20H22O3. The van der Waals surface area contributed by atoms with Crippen molar-refractivity contribution in [2.45, 2.75) is 31.5 Å². The summed E-state index contributed by atoms with van der Waals surface area (Å²) in [7, 11) is 0. The number of Topliss-reactive ketones (excluding diaryl/α,β-unsaturated/α-hetero) is 1. The van der Waals surface area contributed by atoms with Gasteiger partial charge >= 0.3 is 0 Å². The van der Waals surface area contributed by atoms with Crippen LogP contribution in [0.4, 0.5) is 0 Å². The van der Waals surface area contributed by atoms with Crippen LogP contribution < -0.4 is 0 Å². The van der Waals surface area contributed by atoms with E-state index in [0.29, 0.717) is 12.8 Å². The van der Waals surface area contributed by atoms with Gasteiger partial charge in [-0.2, -0.15) is 0 Å². The second-order valence-corrected chi connectivity index (χ2v) is 6.26. The molecule has 0 heterocycles. The van der Waals surface area contributed by atoms with Crippen molar-refractivity contribution in [3.63, 3.8) is 0 Å². The van der Waals surface area contributed by atoms with Gasteiger partial charge in [0.15, 0.2) is 0 Å². The van der Waals surface area contributed by atoms with E-state index in [0.717, 1.165) is 17.5 Å². The van der Waals surface area contributed by atoms with Crippen LogP contribution in [-0.4, -0.2) is 16.0 Å². The first kappa shape index (κ1) is 15.9. The first-order valence-corrected chi connectivity index (χ1v) is 8.18. The number of carbonyl (C=O) groups is 1. The van der Waals surface area contributed by atoms with Crippen molar-refractivity contribution in [3.8, 4) is 0 Å². The SMILES string of the molecule is O=C1[C@H]([C@H](O)c2ccccc2)CCC[C@@H]1[C@H](O)c1ccccc1. The Morgan fingerprint density at radius 1 is 0.739 bits per heavy atom. The lowest BCUT2D eigenvalue weighted by atomic mass is 9.73. The minimum Gasteiger partial charge on any atom is -0.388 e. The molecule has 0 spiro atoms. The monoisotopic (exact) mass is 310 g/mol. The molecule has 0 bridgehead atoms. The average molecular weight is 310 g/mol. The predicted molar refractivity (Wildman–Crippen MR) is 88.6 cm³/mol. The van der Waals surface area contributed by atoms with Gasteiger partial charge in [0.1, 0.15) is 5.78 Å². The van der Waals surface area contributed by atoms with Crippen molar-refractivity contribution in [2.75, 3.05) is 0 Å². The van der Waals surface area contributed by atoms with Crippen LogP contribution in [-0.2, 0) is 4.79 Å². The number of hydrogen-bond acceptors (Lipinski definition) is 3. The molecule has 0 amide bonds. The van der Waals surface area contributed by atoms with E-state index in [4.69, 9.17) is 0 Å². The summed E-state index contributed by atoms with van der Waals surface area (Å²) in [4.78, 5) is 12.8. The molecule has 0 saturated heterocycles. The van der Waals surface area contributed by atoms with Gasteiger partial charge in [-0.15, -0.1) is 0 Å². The predicted octanol–water partition coefficient (Wildman–Crippen LogP) is 3.44. The lowest BCUT2D eigenvalue weighted by molar-refractivity contribution is -0.138. The Bertz CT molecular complexity index is 583. The van der Waals surface area contributed by atoms with Crippen LogP contribution in [0.15, 0.2) is 60.7 Å². The van der Waals surface area contributed by atoms with Crippen LogP contribution in [0.5, 0.6) is 0 Å². The van der Waals surface area contributed by atoms with E-state index in [1.165, 1.54) is 0 Å². The van der Waals surface area contributed by atoms with E-state index < -0.39 is 24.0 Å². The molecule has 120 valence electrons. The smallest absolute Gasteiger partial charge is 0.144 e. The molecule has 0 aliphatic heterocycles. The molecule has 3 rings (SSSR count). The second kappa shape index (κ2) is 7.07. The number of carbonyl (C=O) groups excluding carboxylic acids is 1. The fraction of sp³-hybridized carbons (Fsp3) is 0.350. The third kappa shape index (κ3) is 3.36. The molecule has 3 heteroatoms. The molecule has 2 N–H and O–H groups in total. The van der Waals surface area contributed by atoms with Crippen molar-refractivity contribution >= 4 is 5.78 Å². The number of benzene rings is 2. The van der Waals surface area contributed by atoms with Gasteiger partial charge in [0.05, 0.1) is 12.2 Å². The Morgan fingerprint density at radius 2 is 1.13 bits per heavy atom. The third-order valence-corrected chi connectivity index (χ3v) is 4.81. The van der Waals surface area contributed by atoms with E-state index in [-0.39, 0.29) is 5.78 Å². The second-order valence-electron chi connectivity index (χ2n) is 6.26. The largest absolute Gasteiger partial charge is 0.388 e. The first-order valence-electron chi connectivity index (χ1n) is 8.18. The molecule has 0 unspecified atom stereocenters. The van der Waals surface area contributed by atoms with Gasteiger partial charge in [0.25, 0.3) is 0 Å². The van der Waals surface area contributed by atoms with E-state index in [1.54, 1.807) is 0 Å². The van der Waals surface area contributed by atoms with Gasteiger partial charge in [-0.3, -0.25) is 4.79 Å². The fourth-order valence-corrected chi connectivity index (χ4v) is 3.51. The highest BCUT2D eigenvalue weighted by molar-refractivity contribution is 5.85. The van der Waals surface area contributed by atoms with Gasteiger partial charge in [-0.25, -0.2) is 0 Å². The van der Waals surface area contributed by atoms with Gasteiger partial charge in [0.2, 0.25) is 0 Å². The van der Waals surface area contributed by atoms with E-state index in [9.17, 15) is 15.0 Å². The maximum absolute atomic E-state index is 12.8.